The lowest BCUT2D eigenvalue weighted by Crippen LogP contribution is -2.24. The number of fused-ring (bicyclic) bond motifs is 1. The summed E-state index contributed by atoms with van der Waals surface area (Å²) in [4.78, 5) is 15.0. The van der Waals surface area contributed by atoms with Gasteiger partial charge in [-0.25, -0.2) is 9.36 Å². The predicted molar refractivity (Wildman–Crippen MR) is 94.5 cm³/mol. The smallest absolute Gasteiger partial charge is 0.332 e. The highest BCUT2D eigenvalue weighted by Crippen LogP contribution is 2.15. The van der Waals surface area contributed by atoms with Gasteiger partial charge < -0.3 is 19.2 Å². The number of nitrogens with one attached hydrogen (secondary N) is 1. The highest BCUT2D eigenvalue weighted by molar-refractivity contribution is 5.76. The zero-order chi connectivity index (χ0) is 17.8. The Morgan fingerprint density at radius 2 is 2.08 bits per heavy atom. The maximum absolute atomic E-state index is 12.2. The number of hydrogen-bond donors (Lipinski definition) is 1. The second kappa shape index (κ2) is 7.67. The van der Waals surface area contributed by atoms with Crippen LogP contribution in [-0.2, 0) is 9.47 Å². The molecule has 0 bridgehead atoms. The Labute approximate surface area is 149 Å². The van der Waals surface area contributed by atoms with Crippen LogP contribution < -0.4 is 10.4 Å². The van der Waals surface area contributed by atoms with E-state index >= 15 is 0 Å². The van der Waals surface area contributed by atoms with Crippen LogP contribution >= 0.6 is 0 Å². The fraction of sp³-hybridized carbons (Fsp3) is 0.389. The fourth-order valence-corrected chi connectivity index (χ4v) is 2.96. The van der Waals surface area contributed by atoms with Gasteiger partial charge in [0.05, 0.1) is 17.6 Å². The highest BCUT2D eigenvalue weighted by Gasteiger charge is 2.14. The van der Waals surface area contributed by atoms with Crippen molar-refractivity contribution in [1.82, 2.24) is 19.7 Å². The molecule has 1 N–H and O–H groups in total. The third-order valence-corrected chi connectivity index (χ3v) is 4.22. The maximum Gasteiger partial charge on any atom is 0.332 e. The largest absolute Gasteiger partial charge is 0.474 e. The first-order valence-electron chi connectivity index (χ1n) is 8.71. The molecule has 0 radical (unpaired) electrons. The second-order valence-electron chi connectivity index (χ2n) is 6.03. The summed E-state index contributed by atoms with van der Waals surface area (Å²) >= 11 is 0. The first-order valence-corrected chi connectivity index (χ1v) is 8.71. The molecule has 1 aromatic carbocycles. The van der Waals surface area contributed by atoms with Crippen LogP contribution in [0.4, 0.5) is 0 Å². The van der Waals surface area contributed by atoms with Crippen molar-refractivity contribution in [2.24, 2.45) is 0 Å². The molecule has 1 aliphatic rings. The zero-order valence-electron chi connectivity index (χ0n) is 14.3. The van der Waals surface area contributed by atoms with E-state index in [4.69, 9.17) is 14.2 Å². The summed E-state index contributed by atoms with van der Waals surface area (Å²) in [6, 6.07) is 10.8. The second-order valence-corrected chi connectivity index (χ2v) is 6.03. The molecule has 1 atom stereocenters. The quantitative estimate of drug-likeness (QED) is 0.680. The molecular formula is C18H20N4O4. The van der Waals surface area contributed by atoms with E-state index in [-0.39, 0.29) is 12.0 Å². The number of H-pyrrole nitrogens is 1. The van der Waals surface area contributed by atoms with Gasteiger partial charge in [0.15, 0.2) is 12.1 Å². The van der Waals surface area contributed by atoms with Gasteiger partial charge in [-0.05, 0) is 37.5 Å². The Morgan fingerprint density at radius 1 is 1.15 bits per heavy atom. The van der Waals surface area contributed by atoms with Gasteiger partial charge in [-0.1, -0.05) is 12.1 Å². The van der Waals surface area contributed by atoms with E-state index in [0.29, 0.717) is 24.9 Å². The van der Waals surface area contributed by atoms with Crippen molar-refractivity contribution in [3.63, 3.8) is 0 Å². The topological polar surface area (TPSA) is 91.3 Å². The number of hydrogen-bond acceptors (Lipinski definition) is 6. The minimum Gasteiger partial charge on any atom is -0.474 e. The van der Waals surface area contributed by atoms with Crippen LogP contribution in [-0.4, -0.2) is 45.9 Å². The molecule has 1 unspecified atom stereocenters. The Kier molecular flexibility index (Phi) is 4.94. The third-order valence-electron chi connectivity index (χ3n) is 4.22. The summed E-state index contributed by atoms with van der Waals surface area (Å²) in [5.41, 5.74) is 1.25. The summed E-state index contributed by atoms with van der Waals surface area (Å²) in [5.74, 6) is 0.821. The molecule has 136 valence electrons. The minimum atomic E-state index is -0.255. The summed E-state index contributed by atoms with van der Waals surface area (Å²) < 4.78 is 18.1. The van der Waals surface area contributed by atoms with Crippen LogP contribution in [0.2, 0.25) is 0 Å². The van der Waals surface area contributed by atoms with Gasteiger partial charge in [-0.15, -0.1) is 10.2 Å². The molecule has 4 rings (SSSR count). The van der Waals surface area contributed by atoms with E-state index in [0.717, 1.165) is 36.9 Å². The zero-order valence-corrected chi connectivity index (χ0v) is 14.3. The first-order chi connectivity index (χ1) is 12.8. The van der Waals surface area contributed by atoms with Crippen molar-refractivity contribution < 1.29 is 14.2 Å². The normalized spacial score (nSPS) is 17.5. The van der Waals surface area contributed by atoms with E-state index in [1.54, 1.807) is 12.1 Å². The molecule has 1 fully saturated rings. The molecule has 3 aromatic rings. The lowest BCUT2D eigenvalue weighted by atomic mass is 10.2. The molecule has 1 saturated heterocycles. The summed E-state index contributed by atoms with van der Waals surface area (Å²) in [7, 11) is 0. The van der Waals surface area contributed by atoms with Gasteiger partial charge in [0.1, 0.15) is 6.61 Å². The maximum atomic E-state index is 12.2. The summed E-state index contributed by atoms with van der Waals surface area (Å²) in [6.45, 7) is 1.54. The van der Waals surface area contributed by atoms with Crippen LogP contribution in [0.25, 0.3) is 16.9 Å². The summed E-state index contributed by atoms with van der Waals surface area (Å²) in [6.07, 6.45) is 3.02. The number of aromatic nitrogens is 4. The number of rotatable bonds is 6. The van der Waals surface area contributed by atoms with Crippen molar-refractivity contribution >= 4 is 11.0 Å². The van der Waals surface area contributed by atoms with Gasteiger partial charge in [0, 0.05) is 12.7 Å². The standard InChI is InChI=1S/C18H20N4O4/c23-18-19-13-5-1-2-6-14(13)22(18)15-8-9-16(21-20-15)24-11-12-26-17-7-3-4-10-25-17/h1-2,5-6,8-9,17H,3-4,7,10-12H2,(H,19,23). The number of aromatic amines is 1. The highest BCUT2D eigenvalue weighted by atomic mass is 16.7. The number of benzene rings is 1. The van der Waals surface area contributed by atoms with E-state index < -0.39 is 0 Å². The third kappa shape index (κ3) is 3.61. The number of imidazole rings is 1. The summed E-state index contributed by atoms with van der Waals surface area (Å²) in [5, 5.41) is 8.14. The van der Waals surface area contributed by atoms with Crippen molar-refractivity contribution in [1.29, 1.82) is 0 Å². The molecule has 8 heteroatoms. The first kappa shape index (κ1) is 16.7. The van der Waals surface area contributed by atoms with Gasteiger partial charge >= 0.3 is 5.69 Å². The van der Waals surface area contributed by atoms with Crippen molar-refractivity contribution in [2.75, 3.05) is 19.8 Å². The molecule has 2 aromatic heterocycles. The molecule has 0 saturated carbocycles. The van der Waals surface area contributed by atoms with Gasteiger partial charge in [0.2, 0.25) is 5.88 Å². The van der Waals surface area contributed by atoms with E-state index in [1.807, 2.05) is 24.3 Å². The van der Waals surface area contributed by atoms with Crippen molar-refractivity contribution in [3.8, 4) is 11.7 Å². The average Bonchev–Trinajstić information content (AvgIpc) is 3.02. The molecular weight excluding hydrogens is 336 g/mol. The van der Waals surface area contributed by atoms with Crippen LogP contribution in [0.3, 0.4) is 0 Å². The molecule has 0 aliphatic carbocycles. The number of ether oxygens (including phenoxy) is 3. The minimum absolute atomic E-state index is 0.130. The fourth-order valence-electron chi connectivity index (χ4n) is 2.96. The monoisotopic (exact) mass is 356 g/mol. The van der Waals surface area contributed by atoms with Gasteiger partial charge in [0.25, 0.3) is 0 Å². The Bertz CT molecular complexity index is 913. The van der Waals surface area contributed by atoms with E-state index in [2.05, 4.69) is 15.2 Å². The molecule has 8 nitrogen and oxygen atoms in total. The molecule has 0 spiro atoms. The average molecular weight is 356 g/mol. The van der Waals surface area contributed by atoms with Gasteiger partial charge in [-0.3, -0.25) is 0 Å². The van der Waals surface area contributed by atoms with Crippen LogP contribution in [0.5, 0.6) is 5.88 Å². The predicted octanol–water partition coefficient (Wildman–Crippen LogP) is 2.03. The van der Waals surface area contributed by atoms with E-state index in [9.17, 15) is 4.79 Å². The molecule has 1 aliphatic heterocycles. The lowest BCUT2D eigenvalue weighted by molar-refractivity contribution is -0.165. The molecule has 26 heavy (non-hydrogen) atoms. The lowest BCUT2D eigenvalue weighted by Gasteiger charge is -2.22. The number of para-hydroxylation sites is 2. The van der Waals surface area contributed by atoms with Crippen molar-refractivity contribution in [2.45, 2.75) is 25.6 Å². The van der Waals surface area contributed by atoms with Crippen LogP contribution in [0.1, 0.15) is 19.3 Å². The molecule has 3 heterocycles. The van der Waals surface area contributed by atoms with Crippen molar-refractivity contribution in [3.05, 3.63) is 46.9 Å². The van der Waals surface area contributed by atoms with Gasteiger partial charge in [-0.2, -0.15) is 0 Å². The SMILES string of the molecule is O=c1[nH]c2ccccc2n1-c1ccc(OCCOC2CCCCO2)nn1. The number of nitrogens with zero attached hydrogens (tertiary/aromatic N) is 3. The Hall–Kier alpha value is -2.71. The van der Waals surface area contributed by atoms with Crippen LogP contribution in [0, 0.1) is 0 Å². The van der Waals surface area contributed by atoms with Crippen LogP contribution in [0.15, 0.2) is 41.2 Å². The Morgan fingerprint density at radius 3 is 2.88 bits per heavy atom. The molecule has 0 amide bonds. The Balaban J connectivity index is 1.37. The van der Waals surface area contributed by atoms with E-state index in [1.165, 1.54) is 4.57 Å².